The topological polar surface area (TPSA) is 64.3 Å². The number of hydrogen-bond donors (Lipinski definition) is 2. The Balaban J connectivity index is 2.08. The highest BCUT2D eigenvalue weighted by atomic mass is 32.2. The lowest BCUT2D eigenvalue weighted by molar-refractivity contribution is 0.0929. The SMILES string of the molecule is CCOc1cc(N)cc(C(=O)NC2CCCCC2SC)c1. The number of rotatable bonds is 5. The van der Waals surface area contributed by atoms with Crippen molar-refractivity contribution < 1.29 is 9.53 Å². The van der Waals surface area contributed by atoms with Crippen molar-refractivity contribution in [3.63, 3.8) is 0 Å². The molecule has 1 amide bonds. The third-order valence-electron chi connectivity index (χ3n) is 3.82. The van der Waals surface area contributed by atoms with Crippen LogP contribution >= 0.6 is 11.8 Å². The number of nitrogens with one attached hydrogen (secondary N) is 1. The number of anilines is 1. The molecule has 1 aromatic carbocycles. The van der Waals surface area contributed by atoms with Gasteiger partial charge in [0.2, 0.25) is 0 Å². The number of carbonyl (C=O) groups excluding carboxylic acids is 1. The van der Waals surface area contributed by atoms with Crippen LogP contribution in [0, 0.1) is 0 Å². The summed E-state index contributed by atoms with van der Waals surface area (Å²) in [5.41, 5.74) is 6.98. The van der Waals surface area contributed by atoms with Crippen molar-refractivity contribution in [1.82, 2.24) is 5.32 Å². The third-order valence-corrected chi connectivity index (χ3v) is 4.99. The number of benzene rings is 1. The van der Waals surface area contributed by atoms with Gasteiger partial charge in [-0.05, 0) is 38.2 Å². The van der Waals surface area contributed by atoms with E-state index < -0.39 is 0 Å². The van der Waals surface area contributed by atoms with Crippen LogP contribution in [0.25, 0.3) is 0 Å². The van der Waals surface area contributed by atoms with Crippen LogP contribution in [0.15, 0.2) is 18.2 Å². The molecule has 116 valence electrons. The highest BCUT2D eigenvalue weighted by Gasteiger charge is 2.26. The fourth-order valence-electron chi connectivity index (χ4n) is 2.80. The van der Waals surface area contributed by atoms with Crippen molar-refractivity contribution in [3.05, 3.63) is 23.8 Å². The second-order valence-corrected chi connectivity index (χ2v) is 6.44. The first-order valence-electron chi connectivity index (χ1n) is 7.51. The molecule has 1 aromatic rings. The monoisotopic (exact) mass is 308 g/mol. The number of nitrogens with two attached hydrogens (primary N) is 1. The molecule has 1 aliphatic carbocycles. The molecule has 0 bridgehead atoms. The molecular weight excluding hydrogens is 284 g/mol. The minimum absolute atomic E-state index is 0.0609. The van der Waals surface area contributed by atoms with Gasteiger partial charge in [-0.3, -0.25) is 4.79 Å². The normalized spacial score (nSPS) is 21.8. The lowest BCUT2D eigenvalue weighted by Crippen LogP contribution is -2.43. The van der Waals surface area contributed by atoms with Gasteiger partial charge in [-0.25, -0.2) is 0 Å². The average molecular weight is 308 g/mol. The largest absolute Gasteiger partial charge is 0.494 e. The van der Waals surface area contributed by atoms with E-state index in [2.05, 4.69) is 11.6 Å². The second kappa shape index (κ2) is 7.59. The van der Waals surface area contributed by atoms with Crippen LogP contribution in [0.5, 0.6) is 5.75 Å². The van der Waals surface area contributed by atoms with Gasteiger partial charge in [0.15, 0.2) is 0 Å². The molecule has 4 nitrogen and oxygen atoms in total. The number of thioether (sulfide) groups is 1. The first-order chi connectivity index (χ1) is 10.1. The average Bonchev–Trinajstić information content (AvgIpc) is 2.47. The Kier molecular flexibility index (Phi) is 5.79. The summed E-state index contributed by atoms with van der Waals surface area (Å²) < 4.78 is 5.45. The maximum atomic E-state index is 12.5. The molecule has 0 aromatic heterocycles. The summed E-state index contributed by atoms with van der Waals surface area (Å²) in [6, 6.07) is 5.45. The molecule has 5 heteroatoms. The smallest absolute Gasteiger partial charge is 0.251 e. The quantitative estimate of drug-likeness (QED) is 0.821. The van der Waals surface area contributed by atoms with Gasteiger partial charge in [-0.15, -0.1) is 0 Å². The van der Waals surface area contributed by atoms with Crippen molar-refractivity contribution in [3.8, 4) is 5.75 Å². The maximum Gasteiger partial charge on any atom is 0.251 e. The number of hydrogen-bond acceptors (Lipinski definition) is 4. The molecule has 2 unspecified atom stereocenters. The van der Waals surface area contributed by atoms with Crippen molar-refractivity contribution in [2.75, 3.05) is 18.6 Å². The van der Waals surface area contributed by atoms with Gasteiger partial charge in [0.05, 0.1) is 6.61 Å². The number of carbonyl (C=O) groups is 1. The Bertz CT molecular complexity index is 493. The molecule has 0 heterocycles. The van der Waals surface area contributed by atoms with Crippen LogP contribution in [-0.4, -0.2) is 30.1 Å². The highest BCUT2D eigenvalue weighted by molar-refractivity contribution is 7.99. The molecule has 3 N–H and O–H groups in total. The van der Waals surface area contributed by atoms with E-state index in [0.717, 1.165) is 6.42 Å². The lowest BCUT2D eigenvalue weighted by Gasteiger charge is -2.31. The summed E-state index contributed by atoms with van der Waals surface area (Å²) in [6.45, 7) is 2.47. The van der Waals surface area contributed by atoms with Crippen LogP contribution < -0.4 is 15.8 Å². The molecule has 2 rings (SSSR count). The second-order valence-electron chi connectivity index (χ2n) is 5.36. The standard InChI is InChI=1S/C16H24N2O2S/c1-3-20-13-9-11(8-12(17)10-13)16(19)18-14-6-4-5-7-15(14)21-2/h8-10,14-15H,3-7,17H2,1-2H3,(H,18,19). The number of nitrogen functional groups attached to an aromatic ring is 1. The zero-order valence-corrected chi connectivity index (χ0v) is 13.5. The van der Waals surface area contributed by atoms with Crippen molar-refractivity contribution >= 4 is 23.4 Å². The zero-order valence-electron chi connectivity index (χ0n) is 12.7. The minimum Gasteiger partial charge on any atom is -0.494 e. The van der Waals surface area contributed by atoms with E-state index in [4.69, 9.17) is 10.5 Å². The van der Waals surface area contributed by atoms with Crippen molar-refractivity contribution in [2.45, 2.75) is 43.9 Å². The molecule has 0 aliphatic heterocycles. The van der Waals surface area contributed by atoms with Gasteiger partial charge in [0, 0.05) is 28.6 Å². The van der Waals surface area contributed by atoms with Gasteiger partial charge in [-0.2, -0.15) is 11.8 Å². The third kappa shape index (κ3) is 4.30. The van der Waals surface area contributed by atoms with E-state index in [9.17, 15) is 4.79 Å². The van der Waals surface area contributed by atoms with E-state index in [0.29, 0.717) is 28.9 Å². The summed E-state index contributed by atoms with van der Waals surface area (Å²) in [7, 11) is 0. The van der Waals surface area contributed by atoms with E-state index in [-0.39, 0.29) is 11.9 Å². The van der Waals surface area contributed by atoms with Gasteiger partial charge in [0.1, 0.15) is 5.75 Å². The van der Waals surface area contributed by atoms with Crippen LogP contribution in [-0.2, 0) is 0 Å². The molecular formula is C16H24N2O2S. The molecule has 1 aliphatic rings. The number of amides is 1. The molecule has 0 radical (unpaired) electrons. The van der Waals surface area contributed by atoms with E-state index in [1.807, 2.05) is 18.7 Å². The fourth-order valence-corrected chi connectivity index (χ4v) is 3.73. The van der Waals surface area contributed by atoms with Gasteiger partial charge >= 0.3 is 0 Å². The first-order valence-corrected chi connectivity index (χ1v) is 8.80. The zero-order chi connectivity index (χ0) is 15.2. The van der Waals surface area contributed by atoms with Gasteiger partial charge in [0.25, 0.3) is 5.91 Å². The fraction of sp³-hybridized carbons (Fsp3) is 0.562. The Morgan fingerprint density at radius 1 is 1.38 bits per heavy atom. The van der Waals surface area contributed by atoms with Crippen molar-refractivity contribution in [1.29, 1.82) is 0 Å². The Hall–Kier alpha value is -1.36. The van der Waals surface area contributed by atoms with Crippen LogP contribution in [0.4, 0.5) is 5.69 Å². The predicted octanol–water partition coefficient (Wildman–Crippen LogP) is 3.07. The summed E-state index contributed by atoms with van der Waals surface area (Å²) >= 11 is 1.84. The van der Waals surface area contributed by atoms with Crippen LogP contribution in [0.3, 0.4) is 0 Å². The molecule has 21 heavy (non-hydrogen) atoms. The molecule has 1 saturated carbocycles. The Morgan fingerprint density at radius 2 is 2.14 bits per heavy atom. The Morgan fingerprint density at radius 3 is 2.86 bits per heavy atom. The molecule has 2 atom stereocenters. The van der Waals surface area contributed by atoms with Gasteiger partial charge in [-0.1, -0.05) is 12.8 Å². The minimum atomic E-state index is -0.0609. The molecule has 0 spiro atoms. The van der Waals surface area contributed by atoms with Crippen LogP contribution in [0.2, 0.25) is 0 Å². The number of ether oxygens (including phenoxy) is 1. The van der Waals surface area contributed by atoms with E-state index in [1.54, 1.807) is 18.2 Å². The molecule has 0 saturated heterocycles. The summed E-state index contributed by atoms with van der Waals surface area (Å²) in [4.78, 5) is 12.5. The van der Waals surface area contributed by atoms with Gasteiger partial charge < -0.3 is 15.8 Å². The van der Waals surface area contributed by atoms with Crippen molar-refractivity contribution in [2.24, 2.45) is 0 Å². The first kappa shape index (κ1) is 16.0. The predicted molar refractivity (Wildman–Crippen MR) is 89.0 cm³/mol. The van der Waals surface area contributed by atoms with E-state index >= 15 is 0 Å². The summed E-state index contributed by atoms with van der Waals surface area (Å²) in [5, 5.41) is 3.67. The van der Waals surface area contributed by atoms with E-state index in [1.165, 1.54) is 19.3 Å². The maximum absolute atomic E-state index is 12.5. The Labute approximate surface area is 130 Å². The summed E-state index contributed by atoms with van der Waals surface area (Å²) in [6.07, 6.45) is 6.78. The lowest BCUT2D eigenvalue weighted by atomic mass is 9.94. The highest BCUT2D eigenvalue weighted by Crippen LogP contribution is 2.27. The van der Waals surface area contributed by atoms with Crippen LogP contribution in [0.1, 0.15) is 43.0 Å². The summed E-state index contributed by atoms with van der Waals surface area (Å²) in [5.74, 6) is 0.585. The molecule has 1 fully saturated rings.